The molecule has 0 bridgehead atoms. The molecule has 0 aliphatic rings. The lowest BCUT2D eigenvalue weighted by molar-refractivity contribution is -0.142. The number of hydrogen-bond donors (Lipinski definition) is 1. The molecule has 0 saturated heterocycles. The maximum absolute atomic E-state index is 12.3. The van der Waals surface area contributed by atoms with Crippen LogP contribution in [0.2, 0.25) is 0 Å². The zero-order valence-electron chi connectivity index (χ0n) is 13.1. The van der Waals surface area contributed by atoms with E-state index < -0.39 is 11.9 Å². The Labute approximate surface area is 126 Å². The van der Waals surface area contributed by atoms with Crippen LogP contribution >= 0.6 is 0 Å². The number of carboxylic acids is 1. The van der Waals surface area contributed by atoms with Crippen molar-refractivity contribution in [3.63, 3.8) is 0 Å². The molecular weight excluding hydrogens is 268 g/mol. The Morgan fingerprint density at radius 2 is 1.71 bits per heavy atom. The minimum Gasteiger partial charge on any atom is -0.481 e. The van der Waals surface area contributed by atoms with E-state index >= 15 is 0 Å². The highest BCUT2D eigenvalue weighted by Gasteiger charge is 2.20. The molecule has 116 valence electrons. The predicted octanol–water partition coefficient (Wildman–Crippen LogP) is 1.86. The first-order chi connectivity index (χ1) is 9.82. The number of hydrogen-bond acceptors (Lipinski definition) is 3. The number of nitrogens with zero attached hydrogens (tertiary/aromatic N) is 2. The van der Waals surface area contributed by atoms with E-state index in [9.17, 15) is 9.59 Å². The van der Waals surface area contributed by atoms with E-state index in [0.717, 1.165) is 5.56 Å². The Hall–Kier alpha value is -1.88. The predicted molar refractivity (Wildman–Crippen MR) is 81.9 cm³/mol. The van der Waals surface area contributed by atoms with Crippen LogP contribution in [0.3, 0.4) is 0 Å². The highest BCUT2D eigenvalue weighted by molar-refractivity contribution is 5.78. The van der Waals surface area contributed by atoms with Crippen LogP contribution in [0.5, 0.6) is 0 Å². The van der Waals surface area contributed by atoms with Gasteiger partial charge in [-0.3, -0.25) is 14.5 Å². The van der Waals surface area contributed by atoms with Crippen molar-refractivity contribution in [3.8, 4) is 0 Å². The van der Waals surface area contributed by atoms with Crippen molar-refractivity contribution in [2.24, 2.45) is 5.92 Å². The average Bonchev–Trinajstić information content (AvgIpc) is 2.46. The van der Waals surface area contributed by atoms with Gasteiger partial charge in [0.25, 0.3) is 0 Å². The van der Waals surface area contributed by atoms with Crippen molar-refractivity contribution < 1.29 is 14.7 Å². The molecule has 5 nitrogen and oxygen atoms in total. The number of benzene rings is 1. The van der Waals surface area contributed by atoms with Crippen LogP contribution in [0.25, 0.3) is 0 Å². The quantitative estimate of drug-likeness (QED) is 0.833. The van der Waals surface area contributed by atoms with Gasteiger partial charge < -0.3 is 10.0 Å². The van der Waals surface area contributed by atoms with Crippen molar-refractivity contribution in [2.45, 2.75) is 19.9 Å². The molecule has 1 rings (SSSR count). The Balaban J connectivity index is 2.56. The molecule has 0 radical (unpaired) electrons. The Morgan fingerprint density at radius 1 is 1.14 bits per heavy atom. The maximum atomic E-state index is 12.3. The van der Waals surface area contributed by atoms with Crippen LogP contribution < -0.4 is 0 Å². The molecule has 0 spiro atoms. The second-order valence-corrected chi connectivity index (χ2v) is 5.53. The number of rotatable bonds is 7. The summed E-state index contributed by atoms with van der Waals surface area (Å²) in [6.07, 6.45) is 0. The fourth-order valence-corrected chi connectivity index (χ4v) is 2.12. The fourth-order valence-electron chi connectivity index (χ4n) is 2.12. The molecule has 1 N–H and O–H groups in total. The lowest BCUT2D eigenvalue weighted by atomic mass is 10.1. The highest BCUT2D eigenvalue weighted by atomic mass is 16.4. The van der Waals surface area contributed by atoms with Gasteiger partial charge in [-0.2, -0.15) is 0 Å². The summed E-state index contributed by atoms with van der Waals surface area (Å²) >= 11 is 0. The first-order valence-electron chi connectivity index (χ1n) is 7.05. The molecule has 1 aromatic rings. The van der Waals surface area contributed by atoms with Crippen molar-refractivity contribution in [1.82, 2.24) is 9.80 Å². The van der Waals surface area contributed by atoms with Gasteiger partial charge >= 0.3 is 5.97 Å². The number of carbonyl (C=O) groups excluding carboxylic acids is 1. The van der Waals surface area contributed by atoms with E-state index in [-0.39, 0.29) is 18.5 Å². The summed E-state index contributed by atoms with van der Waals surface area (Å²) in [6, 6.07) is 9.81. The van der Waals surface area contributed by atoms with Crippen molar-refractivity contribution >= 4 is 11.9 Å². The molecule has 1 aromatic carbocycles. The van der Waals surface area contributed by atoms with Gasteiger partial charge in [-0.15, -0.1) is 0 Å². The van der Waals surface area contributed by atoms with Crippen LogP contribution in [-0.4, -0.2) is 54.0 Å². The zero-order chi connectivity index (χ0) is 16.0. The molecule has 1 amide bonds. The Kier molecular flexibility index (Phi) is 6.37. The number of carbonyl (C=O) groups is 2. The second kappa shape index (κ2) is 7.78. The fraction of sp³-hybridized carbons (Fsp3) is 0.500. The molecule has 0 aliphatic heterocycles. The Morgan fingerprint density at radius 3 is 2.24 bits per heavy atom. The summed E-state index contributed by atoms with van der Waals surface area (Å²) in [5.41, 5.74) is 1.08. The van der Waals surface area contributed by atoms with Gasteiger partial charge in [0.1, 0.15) is 0 Å². The SMILES string of the molecule is CC(CN(C)CC(=O)N(C)C(C)c1ccccc1)C(=O)O. The minimum atomic E-state index is -0.847. The summed E-state index contributed by atoms with van der Waals surface area (Å²) in [6.45, 7) is 4.19. The third-order valence-corrected chi connectivity index (χ3v) is 3.67. The first kappa shape index (κ1) is 17.2. The van der Waals surface area contributed by atoms with Gasteiger partial charge in [0, 0.05) is 13.6 Å². The van der Waals surface area contributed by atoms with Gasteiger partial charge in [-0.1, -0.05) is 37.3 Å². The smallest absolute Gasteiger partial charge is 0.307 e. The molecule has 0 aromatic heterocycles. The van der Waals surface area contributed by atoms with E-state index in [1.165, 1.54) is 0 Å². The summed E-state index contributed by atoms with van der Waals surface area (Å²) in [4.78, 5) is 26.5. The van der Waals surface area contributed by atoms with Crippen LogP contribution in [0.1, 0.15) is 25.5 Å². The van der Waals surface area contributed by atoms with E-state index in [0.29, 0.717) is 6.54 Å². The zero-order valence-corrected chi connectivity index (χ0v) is 13.1. The molecule has 0 aliphatic carbocycles. The summed E-state index contributed by atoms with van der Waals surface area (Å²) in [7, 11) is 3.53. The molecule has 0 heterocycles. The number of aliphatic carboxylic acids is 1. The highest BCUT2D eigenvalue weighted by Crippen LogP contribution is 2.18. The van der Waals surface area contributed by atoms with Crippen LogP contribution in [-0.2, 0) is 9.59 Å². The second-order valence-electron chi connectivity index (χ2n) is 5.53. The lowest BCUT2D eigenvalue weighted by Crippen LogP contribution is -2.40. The van der Waals surface area contributed by atoms with Crippen LogP contribution in [0, 0.1) is 5.92 Å². The van der Waals surface area contributed by atoms with E-state index in [4.69, 9.17) is 5.11 Å². The number of carboxylic acid groups (broad SMARTS) is 1. The molecule has 0 fully saturated rings. The van der Waals surface area contributed by atoms with Crippen molar-refractivity contribution in [1.29, 1.82) is 0 Å². The minimum absolute atomic E-state index is 0.0102. The third kappa shape index (κ3) is 5.19. The molecule has 2 atom stereocenters. The van der Waals surface area contributed by atoms with E-state index in [1.807, 2.05) is 37.3 Å². The Bertz CT molecular complexity index is 476. The van der Waals surface area contributed by atoms with Crippen LogP contribution in [0.15, 0.2) is 30.3 Å². The molecule has 21 heavy (non-hydrogen) atoms. The number of amides is 1. The van der Waals surface area contributed by atoms with Crippen molar-refractivity contribution in [3.05, 3.63) is 35.9 Å². The largest absolute Gasteiger partial charge is 0.481 e. The van der Waals surface area contributed by atoms with E-state index in [1.54, 1.807) is 30.8 Å². The average molecular weight is 292 g/mol. The lowest BCUT2D eigenvalue weighted by Gasteiger charge is -2.28. The molecule has 0 saturated carbocycles. The first-order valence-corrected chi connectivity index (χ1v) is 7.05. The van der Waals surface area contributed by atoms with Gasteiger partial charge in [0.05, 0.1) is 18.5 Å². The molecular formula is C16H24N2O3. The summed E-state index contributed by atoms with van der Waals surface area (Å²) < 4.78 is 0. The van der Waals surface area contributed by atoms with Gasteiger partial charge in [0.2, 0.25) is 5.91 Å². The molecule has 5 heteroatoms. The van der Waals surface area contributed by atoms with Gasteiger partial charge in [-0.25, -0.2) is 0 Å². The monoisotopic (exact) mass is 292 g/mol. The third-order valence-electron chi connectivity index (χ3n) is 3.67. The topological polar surface area (TPSA) is 60.9 Å². The van der Waals surface area contributed by atoms with Gasteiger partial charge in [0.15, 0.2) is 0 Å². The van der Waals surface area contributed by atoms with Crippen molar-refractivity contribution in [2.75, 3.05) is 27.2 Å². The van der Waals surface area contributed by atoms with Crippen LogP contribution in [0.4, 0.5) is 0 Å². The molecule has 2 unspecified atom stereocenters. The van der Waals surface area contributed by atoms with E-state index in [2.05, 4.69) is 0 Å². The summed E-state index contributed by atoms with van der Waals surface area (Å²) in [5.74, 6) is -1.36. The van der Waals surface area contributed by atoms with Gasteiger partial charge in [-0.05, 0) is 19.5 Å². The maximum Gasteiger partial charge on any atom is 0.307 e. The normalized spacial score (nSPS) is 13.8. The number of likely N-dealkylation sites (N-methyl/N-ethyl adjacent to an activating group) is 2. The standard InChI is InChI=1S/C16H24N2O3/c1-12(16(20)21)10-17(3)11-15(19)18(4)13(2)14-8-6-5-7-9-14/h5-9,12-13H,10-11H2,1-4H3,(H,20,21). The summed E-state index contributed by atoms with van der Waals surface area (Å²) in [5, 5.41) is 8.89.